The van der Waals surface area contributed by atoms with Gasteiger partial charge in [-0.3, -0.25) is 0 Å². The number of methoxy groups -OCH3 is 1. The third-order valence-electron chi connectivity index (χ3n) is 2.28. The van der Waals surface area contributed by atoms with Crippen molar-refractivity contribution in [2.45, 2.75) is 0 Å². The van der Waals surface area contributed by atoms with Crippen LogP contribution in [0.25, 0.3) is 0 Å². The highest BCUT2D eigenvalue weighted by atomic mass is 19.1. The first-order chi connectivity index (χ1) is 9.17. The molecule has 2 aromatic carbocycles. The second-order valence-electron chi connectivity index (χ2n) is 3.58. The Balaban J connectivity index is 1.95. The van der Waals surface area contributed by atoms with Crippen LogP contribution in [0.3, 0.4) is 0 Å². The van der Waals surface area contributed by atoms with E-state index < -0.39 is 12.0 Å². The van der Waals surface area contributed by atoms with E-state index in [0.29, 0.717) is 11.5 Å². The Bertz CT molecular complexity index is 549. The number of carbonyl (C=O) groups is 1. The molecule has 0 amide bonds. The van der Waals surface area contributed by atoms with Gasteiger partial charge in [-0.25, -0.2) is 9.18 Å². The van der Waals surface area contributed by atoms with Gasteiger partial charge in [0.1, 0.15) is 23.1 Å². The smallest absolute Gasteiger partial charge is 0.497 e. The summed E-state index contributed by atoms with van der Waals surface area (Å²) < 4.78 is 27.4. The minimum absolute atomic E-state index is 0.208. The van der Waals surface area contributed by atoms with Crippen LogP contribution in [-0.4, -0.2) is 13.3 Å². The number of ether oxygens (including phenoxy) is 3. The van der Waals surface area contributed by atoms with Gasteiger partial charge in [0.05, 0.1) is 7.11 Å². The summed E-state index contributed by atoms with van der Waals surface area (Å²) in [5.74, 6) is 0.781. The Hall–Kier alpha value is -2.56. The van der Waals surface area contributed by atoms with E-state index in [1.165, 1.54) is 24.3 Å². The molecule has 0 radical (unpaired) electrons. The summed E-state index contributed by atoms with van der Waals surface area (Å²) in [7, 11) is 1.54. The average molecular weight is 262 g/mol. The van der Waals surface area contributed by atoms with Crippen LogP contribution in [0.15, 0.2) is 48.5 Å². The summed E-state index contributed by atoms with van der Waals surface area (Å²) >= 11 is 0. The highest BCUT2D eigenvalue weighted by Gasteiger charge is 2.08. The zero-order valence-corrected chi connectivity index (χ0v) is 10.1. The molecule has 2 aromatic rings. The van der Waals surface area contributed by atoms with Gasteiger partial charge in [-0.05, 0) is 48.5 Å². The fourth-order valence-corrected chi connectivity index (χ4v) is 1.36. The molecular formula is C14H11FO4. The highest BCUT2D eigenvalue weighted by Crippen LogP contribution is 2.18. The molecule has 0 unspecified atom stereocenters. The normalized spacial score (nSPS) is 9.79. The quantitative estimate of drug-likeness (QED) is 0.628. The summed E-state index contributed by atoms with van der Waals surface area (Å²) in [5, 5.41) is 0. The predicted octanol–water partition coefficient (Wildman–Crippen LogP) is 3.41. The lowest BCUT2D eigenvalue weighted by Gasteiger charge is -2.06. The van der Waals surface area contributed by atoms with Crippen molar-refractivity contribution in [2.24, 2.45) is 0 Å². The molecule has 98 valence electrons. The molecular weight excluding hydrogens is 251 g/mol. The summed E-state index contributed by atoms with van der Waals surface area (Å²) in [5.41, 5.74) is 0. The lowest BCUT2D eigenvalue weighted by atomic mass is 10.3. The lowest BCUT2D eigenvalue weighted by Crippen LogP contribution is -2.13. The highest BCUT2D eigenvalue weighted by molar-refractivity contribution is 5.67. The molecule has 0 heterocycles. The fraction of sp³-hybridized carbons (Fsp3) is 0.0714. The van der Waals surface area contributed by atoms with Crippen LogP contribution < -0.4 is 14.2 Å². The Kier molecular flexibility index (Phi) is 3.97. The van der Waals surface area contributed by atoms with E-state index in [4.69, 9.17) is 14.2 Å². The largest absolute Gasteiger partial charge is 0.519 e. The van der Waals surface area contributed by atoms with Gasteiger partial charge in [-0.1, -0.05) is 0 Å². The van der Waals surface area contributed by atoms with Gasteiger partial charge in [-0.15, -0.1) is 0 Å². The fourth-order valence-electron chi connectivity index (χ4n) is 1.36. The number of benzene rings is 2. The first-order valence-corrected chi connectivity index (χ1v) is 5.46. The maximum atomic E-state index is 12.7. The van der Waals surface area contributed by atoms with E-state index in [9.17, 15) is 9.18 Å². The third kappa shape index (κ3) is 3.70. The van der Waals surface area contributed by atoms with Gasteiger partial charge in [0.2, 0.25) is 0 Å². The van der Waals surface area contributed by atoms with Crippen molar-refractivity contribution in [3.05, 3.63) is 54.3 Å². The Morgan fingerprint density at radius 2 is 1.26 bits per heavy atom. The monoisotopic (exact) mass is 262 g/mol. The molecule has 19 heavy (non-hydrogen) atoms. The molecule has 0 N–H and O–H groups in total. The minimum Gasteiger partial charge on any atom is -0.497 e. The van der Waals surface area contributed by atoms with Gasteiger partial charge >= 0.3 is 6.16 Å². The van der Waals surface area contributed by atoms with Crippen LogP contribution in [0.4, 0.5) is 9.18 Å². The second-order valence-corrected chi connectivity index (χ2v) is 3.58. The van der Waals surface area contributed by atoms with Crippen LogP contribution >= 0.6 is 0 Å². The van der Waals surface area contributed by atoms with E-state index in [1.54, 1.807) is 31.4 Å². The summed E-state index contributed by atoms with van der Waals surface area (Å²) in [4.78, 5) is 11.5. The second kappa shape index (κ2) is 5.86. The standard InChI is InChI=1S/C14H11FO4/c1-17-11-6-8-13(9-7-11)19-14(16)18-12-4-2-10(15)3-5-12/h2-9H,1H3. The average Bonchev–Trinajstić information content (AvgIpc) is 2.42. The molecule has 0 aliphatic rings. The van der Waals surface area contributed by atoms with Gasteiger partial charge in [0.25, 0.3) is 0 Å². The van der Waals surface area contributed by atoms with Crippen molar-refractivity contribution in [1.82, 2.24) is 0 Å². The first-order valence-electron chi connectivity index (χ1n) is 5.46. The molecule has 0 saturated heterocycles. The summed E-state index contributed by atoms with van der Waals surface area (Å²) in [6.07, 6.45) is -0.892. The predicted molar refractivity (Wildman–Crippen MR) is 66.0 cm³/mol. The van der Waals surface area contributed by atoms with Crippen molar-refractivity contribution in [3.63, 3.8) is 0 Å². The molecule has 0 saturated carbocycles. The Morgan fingerprint density at radius 1 is 0.842 bits per heavy atom. The Labute approximate surface area is 109 Å². The minimum atomic E-state index is -0.892. The van der Waals surface area contributed by atoms with Gasteiger partial charge in [-0.2, -0.15) is 0 Å². The maximum absolute atomic E-state index is 12.7. The van der Waals surface area contributed by atoms with Crippen LogP contribution in [0, 0.1) is 5.82 Å². The van der Waals surface area contributed by atoms with Crippen LogP contribution in [0.2, 0.25) is 0 Å². The van der Waals surface area contributed by atoms with Gasteiger partial charge in [0.15, 0.2) is 0 Å². The molecule has 0 spiro atoms. The van der Waals surface area contributed by atoms with Crippen molar-refractivity contribution in [3.8, 4) is 17.2 Å². The zero-order chi connectivity index (χ0) is 13.7. The van der Waals surface area contributed by atoms with E-state index in [0.717, 1.165) is 0 Å². The summed E-state index contributed by atoms with van der Waals surface area (Å²) in [6.45, 7) is 0. The molecule has 0 atom stereocenters. The van der Waals surface area contributed by atoms with Crippen molar-refractivity contribution in [2.75, 3.05) is 7.11 Å². The van der Waals surface area contributed by atoms with Crippen molar-refractivity contribution in [1.29, 1.82) is 0 Å². The van der Waals surface area contributed by atoms with Crippen LogP contribution in [0.1, 0.15) is 0 Å². The molecule has 5 heteroatoms. The number of rotatable bonds is 3. The molecule has 4 nitrogen and oxygen atoms in total. The van der Waals surface area contributed by atoms with E-state index in [-0.39, 0.29) is 5.75 Å². The van der Waals surface area contributed by atoms with Crippen molar-refractivity contribution >= 4 is 6.16 Å². The lowest BCUT2D eigenvalue weighted by molar-refractivity contribution is 0.152. The number of hydrogen-bond acceptors (Lipinski definition) is 4. The maximum Gasteiger partial charge on any atom is 0.519 e. The van der Waals surface area contributed by atoms with Crippen LogP contribution in [0.5, 0.6) is 17.2 Å². The van der Waals surface area contributed by atoms with E-state index >= 15 is 0 Å². The third-order valence-corrected chi connectivity index (χ3v) is 2.28. The van der Waals surface area contributed by atoms with Gasteiger partial charge < -0.3 is 14.2 Å². The van der Waals surface area contributed by atoms with E-state index in [2.05, 4.69) is 0 Å². The van der Waals surface area contributed by atoms with E-state index in [1.807, 2.05) is 0 Å². The van der Waals surface area contributed by atoms with Crippen LogP contribution in [-0.2, 0) is 0 Å². The number of halogens is 1. The van der Waals surface area contributed by atoms with Gasteiger partial charge in [0, 0.05) is 0 Å². The van der Waals surface area contributed by atoms with Crippen molar-refractivity contribution < 1.29 is 23.4 Å². The Morgan fingerprint density at radius 3 is 1.74 bits per heavy atom. The molecule has 2 rings (SSSR count). The molecule has 0 aliphatic heterocycles. The molecule has 0 fully saturated rings. The molecule has 0 bridgehead atoms. The first kappa shape index (κ1) is 12.9. The number of hydrogen-bond donors (Lipinski definition) is 0. The zero-order valence-electron chi connectivity index (χ0n) is 10.1. The molecule has 0 aliphatic carbocycles. The molecule has 0 aromatic heterocycles. The number of carbonyl (C=O) groups excluding carboxylic acids is 1. The SMILES string of the molecule is COc1ccc(OC(=O)Oc2ccc(F)cc2)cc1. The summed E-state index contributed by atoms with van der Waals surface area (Å²) in [6, 6.07) is 11.5. The topological polar surface area (TPSA) is 44.8 Å².